The van der Waals surface area contributed by atoms with Crippen LogP contribution in [-0.2, 0) is 16.0 Å². The fourth-order valence-corrected chi connectivity index (χ4v) is 4.36. The van der Waals surface area contributed by atoms with Crippen LogP contribution in [0.4, 0.5) is 0 Å². The number of morpholine rings is 1. The summed E-state index contributed by atoms with van der Waals surface area (Å²) in [5.74, 6) is 0.968. The Hall–Kier alpha value is -3.64. The molecule has 5 rings (SSSR count). The van der Waals surface area contributed by atoms with Gasteiger partial charge in [-0.25, -0.2) is 0 Å². The van der Waals surface area contributed by atoms with Gasteiger partial charge in [-0.3, -0.25) is 9.78 Å². The van der Waals surface area contributed by atoms with Gasteiger partial charge in [0, 0.05) is 41.8 Å². The largest absolute Gasteiger partial charge is 0.497 e. The van der Waals surface area contributed by atoms with Crippen LogP contribution >= 0.6 is 0 Å². The number of aryl methyl sites for hydroxylation is 1. The number of amides is 1. The lowest BCUT2D eigenvalue weighted by molar-refractivity contribution is -0.139. The zero-order valence-corrected chi connectivity index (χ0v) is 18.7. The second kappa shape index (κ2) is 9.46. The number of methoxy groups -OCH3 is 1. The zero-order chi connectivity index (χ0) is 22.6. The van der Waals surface area contributed by atoms with Gasteiger partial charge < -0.3 is 19.4 Å². The van der Waals surface area contributed by atoms with Gasteiger partial charge in [-0.2, -0.15) is 0 Å². The number of fused-ring (bicyclic) bond motifs is 1. The Bertz CT molecular complexity index is 1250. The number of nitrogens with zero attached hydrogens (tertiary/aromatic N) is 2. The van der Waals surface area contributed by atoms with Crippen LogP contribution in [0.25, 0.3) is 22.0 Å². The highest BCUT2D eigenvalue weighted by Gasteiger charge is 2.26. The van der Waals surface area contributed by atoms with Gasteiger partial charge >= 0.3 is 0 Å². The molecular formula is C27H27N3O3. The average molecular weight is 442 g/mol. The fourth-order valence-electron chi connectivity index (χ4n) is 4.36. The van der Waals surface area contributed by atoms with Gasteiger partial charge in [-0.1, -0.05) is 36.4 Å². The molecule has 1 atom stereocenters. The van der Waals surface area contributed by atoms with Crippen molar-refractivity contribution < 1.29 is 14.3 Å². The summed E-state index contributed by atoms with van der Waals surface area (Å²) in [7, 11) is 1.66. The number of carbonyl (C=O) groups is 1. The smallest absolute Gasteiger partial charge is 0.223 e. The van der Waals surface area contributed by atoms with Crippen molar-refractivity contribution in [1.29, 1.82) is 0 Å². The van der Waals surface area contributed by atoms with E-state index in [-0.39, 0.29) is 12.0 Å². The molecule has 2 aromatic heterocycles. The molecule has 2 aromatic carbocycles. The van der Waals surface area contributed by atoms with E-state index in [1.807, 2.05) is 65.8 Å². The van der Waals surface area contributed by atoms with E-state index in [1.54, 1.807) is 7.11 Å². The molecular weight excluding hydrogens is 414 g/mol. The lowest BCUT2D eigenvalue weighted by atomic mass is 10.1. The molecule has 3 heterocycles. The highest BCUT2D eigenvalue weighted by molar-refractivity contribution is 5.84. The number of aromatic amines is 1. The van der Waals surface area contributed by atoms with Crippen molar-refractivity contribution in [2.24, 2.45) is 0 Å². The van der Waals surface area contributed by atoms with Crippen LogP contribution in [0.3, 0.4) is 0 Å². The van der Waals surface area contributed by atoms with Gasteiger partial charge in [-0.05, 0) is 41.8 Å². The Morgan fingerprint density at radius 3 is 2.91 bits per heavy atom. The zero-order valence-electron chi connectivity index (χ0n) is 18.7. The molecule has 1 saturated heterocycles. The number of para-hydroxylation sites is 1. The molecule has 168 valence electrons. The summed E-state index contributed by atoms with van der Waals surface area (Å²) in [5, 5.41) is 1.19. The van der Waals surface area contributed by atoms with E-state index in [2.05, 4.69) is 22.1 Å². The Morgan fingerprint density at radius 2 is 2.06 bits per heavy atom. The Kier molecular flexibility index (Phi) is 6.09. The van der Waals surface area contributed by atoms with Crippen LogP contribution in [0.5, 0.6) is 5.75 Å². The van der Waals surface area contributed by atoms with Gasteiger partial charge in [-0.15, -0.1) is 0 Å². The first kappa shape index (κ1) is 21.2. The number of H-pyrrole nitrogens is 1. The molecule has 0 saturated carbocycles. The standard InChI is InChI=1S/C27H27N3O3/c1-32-22-6-4-5-19(15-22)20-9-11-25(29-16-20)26-18-30(13-14-33-26)27(31)12-10-21-17-28-24-8-3-2-7-23(21)24/h2-9,11,15-17,26,28H,10,12-14,18H2,1H3. The molecule has 1 aliphatic heterocycles. The first-order valence-corrected chi connectivity index (χ1v) is 11.3. The lowest BCUT2D eigenvalue weighted by Gasteiger charge is -2.32. The molecule has 1 N–H and O–H groups in total. The molecule has 0 bridgehead atoms. The highest BCUT2D eigenvalue weighted by atomic mass is 16.5. The average Bonchev–Trinajstić information content (AvgIpc) is 3.30. The first-order chi connectivity index (χ1) is 16.2. The predicted molar refractivity (Wildman–Crippen MR) is 128 cm³/mol. The van der Waals surface area contributed by atoms with E-state index in [4.69, 9.17) is 9.47 Å². The number of pyridine rings is 1. The van der Waals surface area contributed by atoms with E-state index in [9.17, 15) is 4.79 Å². The van der Waals surface area contributed by atoms with E-state index in [0.29, 0.717) is 26.1 Å². The Balaban J connectivity index is 1.22. The molecule has 1 amide bonds. The second-order valence-electron chi connectivity index (χ2n) is 8.26. The van der Waals surface area contributed by atoms with Gasteiger partial charge in [0.05, 0.1) is 26.0 Å². The van der Waals surface area contributed by atoms with Crippen LogP contribution in [-0.4, -0.2) is 47.6 Å². The molecule has 1 fully saturated rings. The van der Waals surface area contributed by atoms with Crippen molar-refractivity contribution in [2.45, 2.75) is 18.9 Å². The Labute approximate surface area is 193 Å². The number of hydrogen-bond donors (Lipinski definition) is 1. The van der Waals surface area contributed by atoms with Gasteiger partial charge in [0.15, 0.2) is 0 Å². The molecule has 6 heteroatoms. The monoisotopic (exact) mass is 441 g/mol. The normalized spacial score (nSPS) is 16.2. The van der Waals surface area contributed by atoms with Crippen molar-refractivity contribution in [2.75, 3.05) is 26.8 Å². The molecule has 4 aromatic rings. The maximum atomic E-state index is 12.9. The summed E-state index contributed by atoms with van der Waals surface area (Å²) in [6, 6.07) is 20.1. The van der Waals surface area contributed by atoms with Crippen molar-refractivity contribution in [3.8, 4) is 16.9 Å². The maximum Gasteiger partial charge on any atom is 0.223 e. The number of carbonyl (C=O) groups excluding carboxylic acids is 1. The number of ether oxygens (including phenoxy) is 2. The van der Waals surface area contributed by atoms with Crippen molar-refractivity contribution in [3.63, 3.8) is 0 Å². The summed E-state index contributed by atoms with van der Waals surface area (Å²) in [6.07, 6.45) is 4.85. The summed E-state index contributed by atoms with van der Waals surface area (Å²) in [4.78, 5) is 22.8. The molecule has 0 radical (unpaired) electrons. The molecule has 6 nitrogen and oxygen atoms in total. The van der Waals surface area contributed by atoms with E-state index in [1.165, 1.54) is 10.9 Å². The summed E-state index contributed by atoms with van der Waals surface area (Å²) < 4.78 is 11.3. The first-order valence-electron chi connectivity index (χ1n) is 11.3. The minimum Gasteiger partial charge on any atom is -0.497 e. The molecule has 0 aliphatic carbocycles. The number of aromatic nitrogens is 2. The summed E-state index contributed by atoms with van der Waals surface area (Å²) in [6.45, 7) is 1.66. The number of rotatable bonds is 6. The summed E-state index contributed by atoms with van der Waals surface area (Å²) >= 11 is 0. The molecule has 1 aliphatic rings. The topological polar surface area (TPSA) is 67.5 Å². The lowest BCUT2D eigenvalue weighted by Crippen LogP contribution is -2.42. The Morgan fingerprint density at radius 1 is 1.15 bits per heavy atom. The maximum absolute atomic E-state index is 12.9. The van der Waals surface area contributed by atoms with Crippen molar-refractivity contribution in [3.05, 3.63) is 84.3 Å². The molecule has 0 spiro atoms. The van der Waals surface area contributed by atoms with Crippen LogP contribution in [0.2, 0.25) is 0 Å². The minimum atomic E-state index is -0.213. The molecule has 33 heavy (non-hydrogen) atoms. The highest BCUT2D eigenvalue weighted by Crippen LogP contribution is 2.27. The van der Waals surface area contributed by atoms with Crippen LogP contribution < -0.4 is 4.74 Å². The second-order valence-corrected chi connectivity index (χ2v) is 8.26. The summed E-state index contributed by atoms with van der Waals surface area (Å²) in [5.41, 5.74) is 5.19. The third kappa shape index (κ3) is 4.61. The SMILES string of the molecule is COc1cccc(-c2ccc(C3CN(C(=O)CCc4c[nH]c5ccccc45)CCO3)nc2)c1. The number of hydrogen-bond acceptors (Lipinski definition) is 4. The van der Waals surface area contributed by atoms with E-state index in [0.717, 1.165) is 34.5 Å². The fraction of sp³-hybridized carbons (Fsp3) is 0.259. The van der Waals surface area contributed by atoms with Crippen LogP contribution in [0.1, 0.15) is 23.8 Å². The van der Waals surface area contributed by atoms with Crippen molar-refractivity contribution >= 4 is 16.8 Å². The van der Waals surface area contributed by atoms with Gasteiger partial charge in [0.2, 0.25) is 5.91 Å². The minimum absolute atomic E-state index is 0.154. The van der Waals surface area contributed by atoms with Gasteiger partial charge in [0.25, 0.3) is 0 Å². The van der Waals surface area contributed by atoms with Crippen LogP contribution in [0.15, 0.2) is 73.1 Å². The number of benzene rings is 2. The van der Waals surface area contributed by atoms with E-state index >= 15 is 0 Å². The van der Waals surface area contributed by atoms with Gasteiger partial charge in [0.1, 0.15) is 11.9 Å². The van der Waals surface area contributed by atoms with E-state index < -0.39 is 0 Å². The molecule has 1 unspecified atom stereocenters. The number of nitrogens with one attached hydrogen (secondary N) is 1. The van der Waals surface area contributed by atoms with Crippen molar-refractivity contribution in [1.82, 2.24) is 14.9 Å². The van der Waals surface area contributed by atoms with Crippen LogP contribution in [0, 0.1) is 0 Å². The predicted octanol–water partition coefficient (Wildman–Crippen LogP) is 4.77. The quantitative estimate of drug-likeness (QED) is 0.468. The third-order valence-corrected chi connectivity index (χ3v) is 6.22. The third-order valence-electron chi connectivity index (χ3n) is 6.22.